The minimum absolute atomic E-state index is 0.205. The number of carbonyl (C=O) groups excluding carboxylic acids is 2. The molecule has 1 aromatic rings. The number of nitrogens with one attached hydrogen (secondary N) is 1. The van der Waals surface area contributed by atoms with Crippen molar-refractivity contribution in [1.29, 1.82) is 0 Å². The lowest BCUT2D eigenvalue weighted by Gasteiger charge is -2.03. The van der Waals surface area contributed by atoms with Crippen LogP contribution in [0, 0.1) is 6.92 Å². The van der Waals surface area contributed by atoms with Gasteiger partial charge in [-0.1, -0.05) is 12.1 Å². The van der Waals surface area contributed by atoms with Gasteiger partial charge in [-0.15, -0.1) is 0 Å². The molecule has 0 amide bonds. The lowest BCUT2D eigenvalue weighted by Crippen LogP contribution is -2.20. The van der Waals surface area contributed by atoms with Crippen molar-refractivity contribution in [3.63, 3.8) is 0 Å². The van der Waals surface area contributed by atoms with E-state index in [1.165, 1.54) is 0 Å². The molecule has 0 heterocycles. The van der Waals surface area contributed by atoms with Crippen LogP contribution in [0.1, 0.15) is 12.5 Å². The van der Waals surface area contributed by atoms with Gasteiger partial charge in [0.15, 0.2) is 6.29 Å². The van der Waals surface area contributed by atoms with Crippen LogP contribution in [0.5, 0.6) is 0 Å². The van der Waals surface area contributed by atoms with Crippen molar-refractivity contribution in [2.45, 2.75) is 13.8 Å². The molecule has 0 aliphatic heterocycles. The number of esters is 1. The van der Waals surface area contributed by atoms with Gasteiger partial charge in [-0.2, -0.15) is 5.10 Å². The number of benzene rings is 1. The predicted molar refractivity (Wildman–Crippen MR) is 64.9 cm³/mol. The number of ether oxygens (including phenoxy) is 1. The maximum absolute atomic E-state index is 11.2. The summed E-state index contributed by atoms with van der Waals surface area (Å²) < 4.78 is 4.67. The maximum Gasteiger partial charge on any atom is 0.362 e. The molecule has 5 nitrogen and oxygen atoms in total. The summed E-state index contributed by atoms with van der Waals surface area (Å²) in [6.07, 6.45) is 0.362. The monoisotopic (exact) mass is 234 g/mol. The van der Waals surface area contributed by atoms with E-state index in [0.29, 0.717) is 12.0 Å². The summed E-state index contributed by atoms with van der Waals surface area (Å²) in [5.41, 5.74) is 4.10. The van der Waals surface area contributed by atoms with E-state index < -0.39 is 5.97 Å². The number of hydrazone groups is 1. The topological polar surface area (TPSA) is 67.8 Å². The fourth-order valence-electron chi connectivity index (χ4n) is 1.16. The normalized spacial score (nSPS) is 10.8. The number of nitrogens with zero attached hydrogens (tertiary/aromatic N) is 1. The Morgan fingerprint density at radius 2 is 2.29 bits per heavy atom. The second kappa shape index (κ2) is 6.42. The van der Waals surface area contributed by atoms with Crippen molar-refractivity contribution in [2.75, 3.05) is 12.0 Å². The molecule has 1 N–H and O–H groups in total. The molecule has 0 radical (unpaired) electrons. The first-order chi connectivity index (χ1) is 8.17. The van der Waals surface area contributed by atoms with Crippen molar-refractivity contribution < 1.29 is 14.3 Å². The molecule has 0 bridgehead atoms. The van der Waals surface area contributed by atoms with Gasteiger partial charge < -0.3 is 4.74 Å². The van der Waals surface area contributed by atoms with Gasteiger partial charge in [-0.25, -0.2) is 4.79 Å². The SMILES string of the molecule is CCOC(=O)/C(C=O)=N\Nc1cccc(C)c1. The molecular weight excluding hydrogens is 220 g/mol. The standard InChI is InChI=1S/C12H14N2O3/c1-3-17-12(16)11(8-15)14-13-10-6-4-5-9(2)7-10/h4-8,13H,3H2,1-2H3/b14-11-. The van der Waals surface area contributed by atoms with E-state index in [1.54, 1.807) is 13.0 Å². The Morgan fingerprint density at radius 1 is 1.53 bits per heavy atom. The van der Waals surface area contributed by atoms with E-state index in [1.807, 2.05) is 25.1 Å². The molecule has 0 saturated heterocycles. The Hall–Kier alpha value is -2.17. The molecule has 0 aromatic heterocycles. The van der Waals surface area contributed by atoms with Crippen molar-refractivity contribution in [3.05, 3.63) is 29.8 Å². The second-order valence-corrected chi connectivity index (χ2v) is 3.32. The van der Waals surface area contributed by atoms with Crippen molar-refractivity contribution >= 4 is 23.7 Å². The Labute approximate surface area is 99.5 Å². The molecule has 0 fully saturated rings. The number of rotatable bonds is 5. The zero-order chi connectivity index (χ0) is 12.7. The van der Waals surface area contributed by atoms with Gasteiger partial charge in [0, 0.05) is 0 Å². The average Bonchev–Trinajstić information content (AvgIpc) is 2.30. The number of aldehydes is 1. The van der Waals surface area contributed by atoms with Crippen LogP contribution in [-0.2, 0) is 14.3 Å². The lowest BCUT2D eigenvalue weighted by atomic mass is 10.2. The molecule has 90 valence electrons. The van der Waals surface area contributed by atoms with Crippen LogP contribution >= 0.6 is 0 Å². The van der Waals surface area contributed by atoms with E-state index in [-0.39, 0.29) is 12.3 Å². The third-order valence-corrected chi connectivity index (χ3v) is 1.92. The van der Waals surface area contributed by atoms with Crippen molar-refractivity contribution in [2.24, 2.45) is 5.10 Å². The Bertz CT molecular complexity index is 441. The smallest absolute Gasteiger partial charge is 0.362 e. The van der Waals surface area contributed by atoms with Crippen LogP contribution in [-0.4, -0.2) is 24.6 Å². The van der Waals surface area contributed by atoms with Gasteiger partial charge in [-0.05, 0) is 31.5 Å². The number of hydrogen-bond acceptors (Lipinski definition) is 5. The van der Waals surface area contributed by atoms with Gasteiger partial charge in [0.2, 0.25) is 5.71 Å². The lowest BCUT2D eigenvalue weighted by molar-refractivity contribution is -0.135. The van der Waals surface area contributed by atoms with Gasteiger partial charge in [0.25, 0.3) is 0 Å². The largest absolute Gasteiger partial charge is 0.461 e. The van der Waals surface area contributed by atoms with Crippen LogP contribution in [0.15, 0.2) is 29.4 Å². The van der Waals surface area contributed by atoms with Crippen LogP contribution in [0.3, 0.4) is 0 Å². The Morgan fingerprint density at radius 3 is 2.88 bits per heavy atom. The van der Waals surface area contributed by atoms with Gasteiger partial charge in [-0.3, -0.25) is 10.2 Å². The third kappa shape index (κ3) is 4.06. The minimum Gasteiger partial charge on any atom is -0.461 e. The summed E-state index contributed by atoms with van der Waals surface area (Å²) in [6, 6.07) is 7.40. The summed E-state index contributed by atoms with van der Waals surface area (Å²) in [5, 5.41) is 3.70. The maximum atomic E-state index is 11.2. The quantitative estimate of drug-likeness (QED) is 0.276. The predicted octanol–water partition coefficient (Wildman–Crippen LogP) is 1.52. The van der Waals surface area contributed by atoms with Gasteiger partial charge >= 0.3 is 5.97 Å². The molecule has 0 aliphatic rings. The molecular formula is C12H14N2O3. The molecule has 0 unspecified atom stereocenters. The van der Waals surface area contributed by atoms with Crippen LogP contribution in [0.2, 0.25) is 0 Å². The Kier molecular flexibility index (Phi) is 4.87. The van der Waals surface area contributed by atoms with Gasteiger partial charge in [0.05, 0.1) is 12.3 Å². The summed E-state index contributed by atoms with van der Waals surface area (Å²) in [7, 11) is 0. The molecule has 1 rings (SSSR count). The summed E-state index contributed by atoms with van der Waals surface area (Å²) in [5.74, 6) is -0.734. The van der Waals surface area contributed by atoms with E-state index in [2.05, 4.69) is 15.3 Å². The fraction of sp³-hybridized carbons (Fsp3) is 0.250. The van der Waals surface area contributed by atoms with E-state index in [0.717, 1.165) is 5.56 Å². The molecule has 1 aromatic carbocycles. The first kappa shape index (κ1) is 12.9. The van der Waals surface area contributed by atoms with E-state index in [4.69, 9.17) is 0 Å². The zero-order valence-electron chi connectivity index (χ0n) is 9.77. The number of aryl methyl sites for hydroxylation is 1. The third-order valence-electron chi connectivity index (χ3n) is 1.92. The minimum atomic E-state index is -0.734. The zero-order valence-corrected chi connectivity index (χ0v) is 9.77. The van der Waals surface area contributed by atoms with Gasteiger partial charge in [0.1, 0.15) is 0 Å². The van der Waals surface area contributed by atoms with Crippen LogP contribution in [0.25, 0.3) is 0 Å². The first-order valence-electron chi connectivity index (χ1n) is 5.20. The second-order valence-electron chi connectivity index (χ2n) is 3.32. The first-order valence-corrected chi connectivity index (χ1v) is 5.20. The summed E-state index contributed by atoms with van der Waals surface area (Å²) in [6.45, 7) is 3.80. The molecule has 0 saturated carbocycles. The molecule has 0 spiro atoms. The molecule has 0 aliphatic carbocycles. The van der Waals surface area contributed by atoms with Crippen LogP contribution in [0.4, 0.5) is 5.69 Å². The number of carbonyl (C=O) groups is 2. The molecule has 5 heteroatoms. The highest BCUT2D eigenvalue weighted by Gasteiger charge is 2.11. The van der Waals surface area contributed by atoms with Crippen LogP contribution < -0.4 is 5.43 Å². The highest BCUT2D eigenvalue weighted by molar-refractivity contribution is 6.58. The average molecular weight is 234 g/mol. The Balaban J connectivity index is 2.74. The van der Waals surface area contributed by atoms with Crippen molar-refractivity contribution in [3.8, 4) is 0 Å². The van der Waals surface area contributed by atoms with E-state index >= 15 is 0 Å². The summed E-state index contributed by atoms with van der Waals surface area (Å²) >= 11 is 0. The highest BCUT2D eigenvalue weighted by Crippen LogP contribution is 2.09. The number of anilines is 1. The highest BCUT2D eigenvalue weighted by atomic mass is 16.5. The molecule has 0 atom stereocenters. The number of hydrogen-bond donors (Lipinski definition) is 1. The van der Waals surface area contributed by atoms with Crippen molar-refractivity contribution in [1.82, 2.24) is 0 Å². The van der Waals surface area contributed by atoms with E-state index in [9.17, 15) is 9.59 Å². The molecule has 17 heavy (non-hydrogen) atoms. The summed E-state index contributed by atoms with van der Waals surface area (Å²) in [4.78, 5) is 21.9. The fourth-order valence-corrected chi connectivity index (χ4v) is 1.16.